The number of aromatic hydroxyl groups is 4. The van der Waals surface area contributed by atoms with Crippen molar-refractivity contribution >= 4 is 23.1 Å². The van der Waals surface area contributed by atoms with E-state index >= 15 is 0 Å². The molecule has 4 spiro atoms. The zero-order chi connectivity index (χ0) is 62.0. The van der Waals surface area contributed by atoms with E-state index in [0.29, 0.717) is 87.3 Å². The quantitative estimate of drug-likeness (QED) is 0.122. The summed E-state index contributed by atoms with van der Waals surface area (Å²) in [5, 5.41) is 97.8. The van der Waals surface area contributed by atoms with E-state index < -0.39 is 74.6 Å². The average molecular weight is 1230 g/mol. The fourth-order valence-corrected chi connectivity index (χ4v) is 21.4. The van der Waals surface area contributed by atoms with Gasteiger partial charge in [0.05, 0.1) is 33.4 Å². The fraction of sp³-hybridized carbons (Fsp3) is 0.536. The second-order valence-electron chi connectivity index (χ2n) is 28.5. The van der Waals surface area contributed by atoms with Crippen molar-refractivity contribution in [1.82, 2.24) is 19.6 Å². The lowest BCUT2D eigenvalue weighted by Gasteiger charge is -2.63. The number of phenols is 4. The molecule has 4 aromatic carbocycles. The van der Waals surface area contributed by atoms with E-state index in [9.17, 15) is 65.1 Å². The van der Waals surface area contributed by atoms with Crippen LogP contribution in [0.2, 0.25) is 0 Å². The molecular weight excluding hydrogens is 1160 g/mol. The predicted molar refractivity (Wildman–Crippen MR) is 320 cm³/mol. The van der Waals surface area contributed by atoms with Crippen LogP contribution in [0, 0.1) is 0 Å². The Morgan fingerprint density at radius 3 is 1.22 bits per heavy atom. The number of hydrogen-bond donors (Lipinski definition) is 9. The van der Waals surface area contributed by atoms with Crippen LogP contribution in [0.1, 0.15) is 96.9 Å². The Balaban J connectivity index is 0.0000000957. The van der Waals surface area contributed by atoms with Crippen LogP contribution in [-0.4, -0.2) is 220 Å². The molecular formula is C69H76N4O17. The number of hydrogen-bond acceptors (Lipinski definition) is 21. The highest BCUT2D eigenvalue weighted by Crippen LogP contribution is 2.69. The standard InChI is InChI=1S/C17H19NO5.C17H19NO4.2C17H17NO4.CH4/c1-18-5-4-16-13-8-2-3-9(19)14(13)23-15(16)10(20)7-12(21)17(16,22)11(18)6-8;3*1-18-7-6-16-13-9-2-3-10(19)14(13)22-15(16)11(20)4-5-17(16,21)12(18)8-9;/h2-3,11-12,15,19,21-22H,4-7H2,1H3;2-3,12,15,19,21H,4-8H2,1H3;2*2-5,12,15,19,21H,6-8H2,1H3;1H4/t11-,12?,15+,16+,17+;3*12-,15+,16+,17-;/m1111./s1. The largest absolute Gasteiger partial charge is 0.504 e. The second kappa shape index (κ2) is 18.4. The molecule has 474 valence electrons. The highest BCUT2D eigenvalue weighted by Gasteiger charge is 2.78. The molecule has 21 nitrogen and oxygen atoms in total. The van der Waals surface area contributed by atoms with Gasteiger partial charge in [-0.2, -0.15) is 0 Å². The monoisotopic (exact) mass is 1230 g/mol. The van der Waals surface area contributed by atoms with E-state index in [4.69, 9.17) is 18.9 Å². The first kappa shape index (κ1) is 58.2. The normalized spacial score (nSPS) is 41.7. The van der Waals surface area contributed by atoms with Gasteiger partial charge in [-0.3, -0.25) is 29.0 Å². The number of phenolic OH excluding ortho intramolecular Hbond substituents is 4. The van der Waals surface area contributed by atoms with Gasteiger partial charge in [-0.05, 0) is 183 Å². The zero-order valence-corrected chi connectivity index (χ0v) is 49.8. The number of piperidine rings is 4. The van der Waals surface area contributed by atoms with Gasteiger partial charge in [-0.25, -0.2) is 0 Å². The Morgan fingerprint density at radius 1 is 0.422 bits per heavy atom. The molecule has 8 heterocycles. The lowest BCUT2D eigenvalue weighted by Crippen LogP contribution is -2.80. The molecule has 9 N–H and O–H groups in total. The first-order valence-corrected chi connectivity index (χ1v) is 31.4. The minimum atomic E-state index is -1.44. The van der Waals surface area contributed by atoms with Gasteiger partial charge in [0.2, 0.25) is 0 Å². The van der Waals surface area contributed by atoms with Crippen LogP contribution in [0.15, 0.2) is 72.8 Å². The summed E-state index contributed by atoms with van der Waals surface area (Å²) in [5.74, 6) is 1.30. The second-order valence-corrected chi connectivity index (χ2v) is 28.5. The summed E-state index contributed by atoms with van der Waals surface area (Å²) >= 11 is 0. The fourth-order valence-electron chi connectivity index (χ4n) is 21.4. The molecule has 21 heteroatoms. The summed E-state index contributed by atoms with van der Waals surface area (Å²) in [6, 6.07) is 13.6. The third-order valence-electron chi connectivity index (χ3n) is 25.4. The van der Waals surface area contributed by atoms with Crippen molar-refractivity contribution in [3.63, 3.8) is 0 Å². The predicted octanol–water partition coefficient (Wildman–Crippen LogP) is 2.14. The third-order valence-corrected chi connectivity index (χ3v) is 25.4. The molecule has 1 unspecified atom stereocenters. The van der Waals surface area contributed by atoms with Crippen molar-refractivity contribution < 1.29 is 84.1 Å². The van der Waals surface area contributed by atoms with Crippen LogP contribution in [0.3, 0.4) is 0 Å². The first-order chi connectivity index (χ1) is 42.4. The molecule has 17 atom stereocenters. The van der Waals surface area contributed by atoms with Crippen molar-refractivity contribution in [2.24, 2.45) is 0 Å². The van der Waals surface area contributed by atoms with Gasteiger partial charge in [0.25, 0.3) is 0 Å². The summed E-state index contributed by atoms with van der Waals surface area (Å²) in [4.78, 5) is 58.6. The van der Waals surface area contributed by atoms with Gasteiger partial charge in [-0.15, -0.1) is 0 Å². The maximum Gasteiger partial charge on any atom is 0.196 e. The van der Waals surface area contributed by atoms with Gasteiger partial charge < -0.3 is 74.7 Å². The van der Waals surface area contributed by atoms with Gasteiger partial charge in [-0.1, -0.05) is 31.7 Å². The maximum atomic E-state index is 12.6. The number of likely N-dealkylation sites (N-methyl/N-ethyl adjacent to an activating group) is 4. The van der Waals surface area contributed by atoms with Crippen molar-refractivity contribution in [2.45, 2.75) is 177 Å². The Labute approximate surface area is 519 Å². The number of benzene rings is 4. The molecule has 8 bridgehead atoms. The Bertz CT molecular complexity index is 3840. The van der Waals surface area contributed by atoms with Crippen LogP contribution >= 0.6 is 0 Å². The Hall–Kier alpha value is -6.92. The highest BCUT2D eigenvalue weighted by atomic mass is 16.5. The van der Waals surface area contributed by atoms with E-state index in [1.165, 1.54) is 12.2 Å². The van der Waals surface area contributed by atoms with Gasteiger partial charge in [0.15, 0.2) is 93.5 Å². The minimum absolute atomic E-state index is 0. The SMILES string of the molecule is C.CN1CC[C@]23c4c5ccc(O)c4O[C@H]2C(=O)C=C[C@@]3(O)[C@H]1C5.CN1CC[C@]23c4c5ccc(O)c4O[C@H]2C(=O)C=C[C@@]3(O)[C@H]1C5.CN1CC[C@]23c4c5ccc(O)c4O[C@H]2C(=O)CC(O)[C@@]3(O)[C@H]1C5.CN1CC[C@]23c4c5ccc(O)c4O[C@H]2C(=O)CC[C@@]3(O)[C@H]1C5. The number of rotatable bonds is 0. The van der Waals surface area contributed by atoms with Gasteiger partial charge in [0, 0.05) is 59.3 Å². The lowest BCUT2D eigenvalue weighted by molar-refractivity contribution is -0.226. The number of aliphatic hydroxyl groups is 5. The molecule has 90 heavy (non-hydrogen) atoms. The highest BCUT2D eigenvalue weighted by molar-refractivity contribution is 6.00. The molecule has 0 aromatic heterocycles. The topological polar surface area (TPSA) is 300 Å². The number of Topliss-reactive ketones (excluding diaryl/α,β-unsaturated/α-hetero) is 2. The van der Waals surface area contributed by atoms with E-state index in [1.54, 1.807) is 36.4 Å². The van der Waals surface area contributed by atoms with E-state index in [-0.39, 0.29) is 84.1 Å². The molecule has 16 aliphatic rings. The molecule has 8 aliphatic heterocycles. The Kier molecular flexibility index (Phi) is 11.9. The maximum absolute atomic E-state index is 12.6. The molecule has 0 amide bonds. The first-order valence-electron chi connectivity index (χ1n) is 31.4. The molecule has 4 aromatic rings. The van der Waals surface area contributed by atoms with Crippen molar-refractivity contribution in [1.29, 1.82) is 0 Å². The number of aliphatic hydroxyl groups excluding tert-OH is 1. The summed E-state index contributed by atoms with van der Waals surface area (Å²) in [6.45, 7) is 3.13. The Morgan fingerprint density at radius 2 is 0.767 bits per heavy atom. The molecule has 8 aliphatic carbocycles. The number of carbonyl (C=O) groups is 4. The number of nitrogens with zero attached hydrogens (tertiary/aromatic N) is 4. The van der Waals surface area contributed by atoms with Gasteiger partial charge >= 0.3 is 0 Å². The number of ketones is 4. The van der Waals surface area contributed by atoms with Crippen LogP contribution in [0.5, 0.6) is 46.0 Å². The van der Waals surface area contributed by atoms with Gasteiger partial charge in [0.1, 0.15) is 16.8 Å². The number of likely N-dealkylation sites (tertiary alicyclic amines) is 4. The third kappa shape index (κ3) is 6.40. The number of carbonyl (C=O) groups excluding carboxylic acids is 4. The van der Waals surface area contributed by atoms with Crippen LogP contribution in [-0.2, 0) is 66.5 Å². The summed E-state index contributed by atoms with van der Waals surface area (Å²) < 4.78 is 23.6. The smallest absolute Gasteiger partial charge is 0.196 e. The summed E-state index contributed by atoms with van der Waals surface area (Å²) in [5.41, 5.74) is -0.265. The van der Waals surface area contributed by atoms with Crippen molar-refractivity contribution in [3.05, 3.63) is 117 Å². The lowest BCUT2D eigenvalue weighted by atomic mass is 9.48. The van der Waals surface area contributed by atoms with Crippen LogP contribution in [0.4, 0.5) is 0 Å². The summed E-state index contributed by atoms with van der Waals surface area (Å²) in [7, 11) is 8.01. The molecule has 0 radical (unpaired) electrons. The van der Waals surface area contributed by atoms with E-state index in [1.807, 2.05) is 52.5 Å². The molecule has 4 saturated heterocycles. The van der Waals surface area contributed by atoms with E-state index in [0.717, 1.165) is 70.6 Å². The van der Waals surface area contributed by atoms with E-state index in [2.05, 4.69) is 19.6 Å². The molecule has 6 fully saturated rings. The zero-order valence-electron chi connectivity index (χ0n) is 49.8. The van der Waals surface area contributed by atoms with Crippen LogP contribution < -0.4 is 18.9 Å². The minimum Gasteiger partial charge on any atom is -0.504 e. The average Bonchev–Trinajstić information content (AvgIpc) is 1.40. The molecule has 20 rings (SSSR count). The van der Waals surface area contributed by atoms with Crippen molar-refractivity contribution in [3.8, 4) is 46.0 Å². The molecule has 2 saturated carbocycles. The van der Waals surface area contributed by atoms with Crippen LogP contribution in [0.25, 0.3) is 0 Å². The summed E-state index contributed by atoms with van der Waals surface area (Å²) in [6.07, 6.45) is 8.04. The number of ether oxygens (including phenoxy) is 4. The van der Waals surface area contributed by atoms with Crippen molar-refractivity contribution in [2.75, 3.05) is 54.4 Å².